The molecule has 0 saturated carbocycles. The minimum Gasteiger partial charge on any atom is -0.469 e. The highest BCUT2D eigenvalue weighted by atomic mass is 19.1. The molecule has 1 aromatic carbocycles. The van der Waals surface area contributed by atoms with Crippen molar-refractivity contribution in [3.8, 4) is 0 Å². The van der Waals surface area contributed by atoms with E-state index in [0.29, 0.717) is 6.42 Å². The molecule has 104 valence electrons. The van der Waals surface area contributed by atoms with Gasteiger partial charge in [-0.05, 0) is 31.3 Å². The number of benzene rings is 1. The fourth-order valence-electron chi connectivity index (χ4n) is 2.43. The molecule has 1 aliphatic rings. The van der Waals surface area contributed by atoms with E-state index < -0.39 is 0 Å². The lowest BCUT2D eigenvalue weighted by Gasteiger charge is -2.41. The molecule has 1 heterocycles. The average molecular weight is 266 g/mol. The zero-order valence-corrected chi connectivity index (χ0v) is 11.3. The molecule has 1 fully saturated rings. The first-order valence-electron chi connectivity index (χ1n) is 6.37. The van der Waals surface area contributed by atoms with Crippen molar-refractivity contribution < 1.29 is 13.9 Å². The number of rotatable bonds is 3. The molecule has 1 aromatic rings. The van der Waals surface area contributed by atoms with Gasteiger partial charge in [-0.3, -0.25) is 4.79 Å². The first-order chi connectivity index (χ1) is 9.10. The normalized spacial score (nSPS) is 20.4. The van der Waals surface area contributed by atoms with Gasteiger partial charge in [0.2, 0.25) is 0 Å². The monoisotopic (exact) mass is 266 g/mol. The van der Waals surface area contributed by atoms with Gasteiger partial charge in [-0.15, -0.1) is 0 Å². The van der Waals surface area contributed by atoms with Crippen molar-refractivity contribution in [2.75, 3.05) is 38.7 Å². The predicted octanol–water partition coefficient (Wildman–Crippen LogP) is 1.51. The number of halogens is 1. The molecule has 1 atom stereocenters. The van der Waals surface area contributed by atoms with E-state index >= 15 is 0 Å². The summed E-state index contributed by atoms with van der Waals surface area (Å²) in [7, 11) is 3.43. The van der Waals surface area contributed by atoms with E-state index in [2.05, 4.69) is 9.80 Å². The van der Waals surface area contributed by atoms with E-state index in [4.69, 9.17) is 4.74 Å². The quantitative estimate of drug-likeness (QED) is 0.776. The highest BCUT2D eigenvalue weighted by Crippen LogP contribution is 2.22. The van der Waals surface area contributed by atoms with Crippen LogP contribution in [0.5, 0.6) is 0 Å². The number of carbonyl (C=O) groups is 1. The van der Waals surface area contributed by atoms with E-state index in [1.54, 1.807) is 12.1 Å². The molecule has 0 aromatic heterocycles. The topological polar surface area (TPSA) is 32.8 Å². The SMILES string of the molecule is COC(=O)CC1CN(C)CCN1c1ccc(F)cc1. The Morgan fingerprint density at radius 3 is 2.68 bits per heavy atom. The fraction of sp³-hybridized carbons (Fsp3) is 0.500. The van der Waals surface area contributed by atoms with Crippen LogP contribution in [0.2, 0.25) is 0 Å². The number of carbonyl (C=O) groups excluding carboxylic acids is 1. The van der Waals surface area contributed by atoms with Crippen molar-refractivity contribution in [3.05, 3.63) is 30.1 Å². The summed E-state index contributed by atoms with van der Waals surface area (Å²) in [4.78, 5) is 15.8. The maximum atomic E-state index is 13.0. The van der Waals surface area contributed by atoms with Gasteiger partial charge < -0.3 is 14.5 Å². The van der Waals surface area contributed by atoms with E-state index in [0.717, 1.165) is 25.3 Å². The van der Waals surface area contributed by atoms with Gasteiger partial charge in [-0.25, -0.2) is 4.39 Å². The number of anilines is 1. The largest absolute Gasteiger partial charge is 0.469 e. The number of hydrogen-bond acceptors (Lipinski definition) is 4. The third kappa shape index (κ3) is 3.44. The Labute approximate surface area is 112 Å². The lowest BCUT2D eigenvalue weighted by Crippen LogP contribution is -2.52. The summed E-state index contributed by atoms with van der Waals surface area (Å²) in [5, 5.41) is 0. The number of hydrogen-bond donors (Lipinski definition) is 0. The van der Waals surface area contributed by atoms with Crippen molar-refractivity contribution in [3.63, 3.8) is 0 Å². The van der Waals surface area contributed by atoms with Gasteiger partial charge in [0.1, 0.15) is 5.82 Å². The number of ether oxygens (including phenoxy) is 1. The van der Waals surface area contributed by atoms with Crippen LogP contribution in [-0.2, 0) is 9.53 Å². The molecule has 1 unspecified atom stereocenters. The molecular weight excluding hydrogens is 247 g/mol. The second kappa shape index (κ2) is 6.02. The van der Waals surface area contributed by atoms with Crippen molar-refractivity contribution in [1.82, 2.24) is 4.90 Å². The van der Waals surface area contributed by atoms with Gasteiger partial charge in [-0.2, -0.15) is 0 Å². The van der Waals surface area contributed by atoms with Gasteiger partial charge >= 0.3 is 5.97 Å². The molecule has 0 amide bonds. The molecule has 2 rings (SSSR count). The van der Waals surface area contributed by atoms with E-state index in [1.807, 2.05) is 7.05 Å². The highest BCUT2D eigenvalue weighted by molar-refractivity contribution is 5.71. The van der Waals surface area contributed by atoms with Crippen LogP contribution >= 0.6 is 0 Å². The van der Waals surface area contributed by atoms with Gasteiger partial charge in [0.15, 0.2) is 0 Å². The van der Waals surface area contributed by atoms with E-state index in [-0.39, 0.29) is 17.8 Å². The maximum Gasteiger partial charge on any atom is 0.307 e. The lowest BCUT2D eigenvalue weighted by molar-refractivity contribution is -0.141. The zero-order chi connectivity index (χ0) is 13.8. The number of nitrogens with zero attached hydrogens (tertiary/aromatic N) is 2. The molecule has 0 radical (unpaired) electrons. The smallest absolute Gasteiger partial charge is 0.307 e. The molecule has 0 N–H and O–H groups in total. The Bertz CT molecular complexity index is 436. The van der Waals surface area contributed by atoms with Crippen molar-refractivity contribution >= 4 is 11.7 Å². The fourth-order valence-corrected chi connectivity index (χ4v) is 2.43. The Morgan fingerprint density at radius 1 is 1.37 bits per heavy atom. The first kappa shape index (κ1) is 13.8. The third-order valence-electron chi connectivity index (χ3n) is 3.47. The van der Waals surface area contributed by atoms with Crippen LogP contribution < -0.4 is 4.90 Å². The summed E-state index contributed by atoms with van der Waals surface area (Å²) in [6.07, 6.45) is 0.345. The maximum absolute atomic E-state index is 13.0. The number of piperazine rings is 1. The molecule has 19 heavy (non-hydrogen) atoms. The molecule has 0 bridgehead atoms. The summed E-state index contributed by atoms with van der Waals surface area (Å²) < 4.78 is 17.7. The van der Waals surface area contributed by atoms with Crippen LogP contribution in [0.4, 0.5) is 10.1 Å². The summed E-state index contributed by atoms with van der Waals surface area (Å²) in [5.41, 5.74) is 0.948. The van der Waals surface area contributed by atoms with Gasteiger partial charge in [-0.1, -0.05) is 0 Å². The standard InChI is InChI=1S/C14H19FN2O2/c1-16-7-8-17(12-5-3-11(15)4-6-12)13(10-16)9-14(18)19-2/h3-6,13H,7-10H2,1-2H3. The Kier molecular flexibility index (Phi) is 4.37. The number of methoxy groups -OCH3 is 1. The van der Waals surface area contributed by atoms with Gasteiger partial charge in [0.25, 0.3) is 0 Å². The summed E-state index contributed by atoms with van der Waals surface area (Å²) in [6.45, 7) is 2.55. The third-order valence-corrected chi connectivity index (χ3v) is 3.47. The number of esters is 1. The molecule has 4 nitrogen and oxygen atoms in total. The second-order valence-corrected chi connectivity index (χ2v) is 4.87. The Balaban J connectivity index is 2.15. The summed E-state index contributed by atoms with van der Waals surface area (Å²) >= 11 is 0. The highest BCUT2D eigenvalue weighted by Gasteiger charge is 2.27. The van der Waals surface area contributed by atoms with Gasteiger partial charge in [0, 0.05) is 25.3 Å². The minimum absolute atomic E-state index is 0.0664. The van der Waals surface area contributed by atoms with Crippen molar-refractivity contribution in [2.45, 2.75) is 12.5 Å². The molecule has 0 aliphatic carbocycles. The second-order valence-electron chi connectivity index (χ2n) is 4.87. The first-order valence-corrected chi connectivity index (χ1v) is 6.37. The molecule has 1 saturated heterocycles. The van der Waals surface area contributed by atoms with Crippen LogP contribution in [0.15, 0.2) is 24.3 Å². The van der Waals surface area contributed by atoms with Crippen LogP contribution in [-0.4, -0.2) is 50.7 Å². The molecule has 5 heteroatoms. The number of likely N-dealkylation sites (N-methyl/N-ethyl adjacent to an activating group) is 1. The van der Waals surface area contributed by atoms with Crippen LogP contribution in [0, 0.1) is 5.82 Å². The van der Waals surface area contributed by atoms with Crippen LogP contribution in [0.1, 0.15) is 6.42 Å². The summed E-state index contributed by atoms with van der Waals surface area (Å²) in [5.74, 6) is -0.463. The predicted molar refractivity (Wildman–Crippen MR) is 71.7 cm³/mol. The van der Waals surface area contributed by atoms with Gasteiger partial charge in [0.05, 0.1) is 19.6 Å². The molecule has 1 aliphatic heterocycles. The molecule has 0 spiro atoms. The van der Waals surface area contributed by atoms with Crippen LogP contribution in [0.3, 0.4) is 0 Å². The zero-order valence-electron chi connectivity index (χ0n) is 11.3. The Morgan fingerprint density at radius 2 is 2.05 bits per heavy atom. The minimum atomic E-state index is -0.248. The lowest BCUT2D eigenvalue weighted by atomic mass is 10.1. The average Bonchev–Trinajstić information content (AvgIpc) is 2.40. The van der Waals surface area contributed by atoms with E-state index in [9.17, 15) is 9.18 Å². The molecular formula is C14H19FN2O2. The summed E-state index contributed by atoms with van der Waals surface area (Å²) in [6, 6.07) is 6.47. The van der Waals surface area contributed by atoms with E-state index in [1.165, 1.54) is 19.2 Å². The van der Waals surface area contributed by atoms with Crippen LogP contribution in [0.25, 0.3) is 0 Å². The van der Waals surface area contributed by atoms with Crippen molar-refractivity contribution in [1.29, 1.82) is 0 Å². The Hall–Kier alpha value is -1.62. The van der Waals surface area contributed by atoms with Crippen molar-refractivity contribution in [2.24, 2.45) is 0 Å².